The zero-order valence-electron chi connectivity index (χ0n) is 13.9. The fourth-order valence-electron chi connectivity index (χ4n) is 2.57. The van der Waals surface area contributed by atoms with Gasteiger partial charge in [-0.05, 0) is 41.8 Å². The number of aryl methyl sites for hydroxylation is 1. The fourth-order valence-corrected chi connectivity index (χ4v) is 2.57. The Morgan fingerprint density at radius 3 is 2.24 bits per heavy atom. The number of anilines is 2. The maximum absolute atomic E-state index is 11.5. The molecule has 0 heterocycles. The normalized spacial score (nSPS) is 10.8. The van der Waals surface area contributed by atoms with Crippen LogP contribution in [0.5, 0.6) is 0 Å². The lowest BCUT2D eigenvalue weighted by molar-refractivity contribution is 0.0698. The number of benzene rings is 3. The summed E-state index contributed by atoms with van der Waals surface area (Å²) in [5.41, 5.74) is 4.82. The Balaban J connectivity index is 1.93. The number of rotatable bonds is 5. The first kappa shape index (κ1) is 16.5. The molecule has 3 aromatic rings. The Morgan fingerprint density at radius 1 is 0.840 bits per heavy atom. The monoisotopic (exact) mass is 329 g/mol. The number of carboxylic acids is 1. The minimum atomic E-state index is -0.949. The van der Waals surface area contributed by atoms with Crippen LogP contribution in [-0.2, 0) is 0 Å². The molecule has 3 heteroatoms. The molecule has 0 atom stereocenters. The summed E-state index contributed by atoms with van der Waals surface area (Å²) >= 11 is 0. The lowest BCUT2D eigenvalue weighted by Crippen LogP contribution is -2.03. The van der Waals surface area contributed by atoms with Gasteiger partial charge in [0.15, 0.2) is 0 Å². The maximum atomic E-state index is 11.5. The molecule has 0 radical (unpaired) electrons. The number of hydrogen-bond donors (Lipinski definition) is 2. The molecular weight excluding hydrogens is 310 g/mol. The zero-order valence-corrected chi connectivity index (χ0v) is 13.9. The smallest absolute Gasteiger partial charge is 0.337 e. The van der Waals surface area contributed by atoms with Crippen LogP contribution in [0, 0.1) is 6.92 Å². The third kappa shape index (κ3) is 4.15. The van der Waals surface area contributed by atoms with Gasteiger partial charge in [-0.15, -0.1) is 0 Å². The number of hydrogen-bond acceptors (Lipinski definition) is 2. The second-order valence-electron chi connectivity index (χ2n) is 5.79. The number of aromatic carboxylic acids is 1. The van der Waals surface area contributed by atoms with E-state index >= 15 is 0 Å². The van der Waals surface area contributed by atoms with Crippen LogP contribution < -0.4 is 5.32 Å². The van der Waals surface area contributed by atoms with Crippen LogP contribution in [0.15, 0.2) is 72.8 Å². The van der Waals surface area contributed by atoms with Gasteiger partial charge in [-0.3, -0.25) is 0 Å². The molecule has 0 amide bonds. The lowest BCUT2D eigenvalue weighted by atomic mass is 10.1. The highest BCUT2D eigenvalue weighted by molar-refractivity contribution is 5.96. The van der Waals surface area contributed by atoms with Crippen LogP contribution in [0.25, 0.3) is 12.2 Å². The molecule has 25 heavy (non-hydrogen) atoms. The van der Waals surface area contributed by atoms with Gasteiger partial charge in [0.2, 0.25) is 0 Å². The van der Waals surface area contributed by atoms with Crippen molar-refractivity contribution < 1.29 is 9.90 Å². The summed E-state index contributed by atoms with van der Waals surface area (Å²) in [4.78, 5) is 11.5. The van der Waals surface area contributed by atoms with Crippen molar-refractivity contribution in [2.45, 2.75) is 6.92 Å². The molecule has 0 aliphatic carbocycles. The standard InChI is InChI=1S/C22H19NO2/c1-16-7-5-6-10-20(16)23-21-15-18(13-14-19(21)22(24)25)12-11-17-8-3-2-4-9-17/h2-15,23H,1H3,(H,24,25). The van der Waals surface area contributed by atoms with Gasteiger partial charge in [0.25, 0.3) is 0 Å². The highest BCUT2D eigenvalue weighted by Crippen LogP contribution is 2.25. The molecule has 0 spiro atoms. The molecular formula is C22H19NO2. The summed E-state index contributed by atoms with van der Waals surface area (Å²) in [6.45, 7) is 1.99. The molecule has 0 saturated carbocycles. The van der Waals surface area contributed by atoms with E-state index in [-0.39, 0.29) is 5.56 Å². The highest BCUT2D eigenvalue weighted by Gasteiger charge is 2.11. The van der Waals surface area contributed by atoms with Crippen molar-refractivity contribution in [3.63, 3.8) is 0 Å². The Kier molecular flexibility index (Phi) is 4.95. The topological polar surface area (TPSA) is 49.3 Å². The van der Waals surface area contributed by atoms with Crippen molar-refractivity contribution in [1.29, 1.82) is 0 Å². The SMILES string of the molecule is Cc1ccccc1Nc1cc(C=Cc2ccccc2)ccc1C(=O)O. The second kappa shape index (κ2) is 7.49. The van der Waals surface area contributed by atoms with Gasteiger partial charge in [-0.25, -0.2) is 4.79 Å². The van der Waals surface area contributed by atoms with E-state index in [1.807, 2.05) is 85.8 Å². The van der Waals surface area contributed by atoms with Crippen molar-refractivity contribution in [1.82, 2.24) is 0 Å². The molecule has 124 valence electrons. The van der Waals surface area contributed by atoms with Crippen LogP contribution in [0.4, 0.5) is 11.4 Å². The third-order valence-electron chi connectivity index (χ3n) is 3.96. The van der Waals surface area contributed by atoms with E-state index in [0.717, 1.165) is 22.4 Å². The van der Waals surface area contributed by atoms with Crippen molar-refractivity contribution in [2.24, 2.45) is 0 Å². The average Bonchev–Trinajstić information content (AvgIpc) is 2.63. The molecule has 0 aliphatic heterocycles. The predicted octanol–water partition coefficient (Wildman–Crippen LogP) is 5.61. The fraction of sp³-hybridized carbons (Fsp3) is 0.0455. The summed E-state index contributed by atoms with van der Waals surface area (Å²) in [7, 11) is 0. The molecule has 0 bridgehead atoms. The molecule has 3 nitrogen and oxygen atoms in total. The van der Waals surface area contributed by atoms with E-state index in [9.17, 15) is 9.90 Å². The Hall–Kier alpha value is -3.33. The molecule has 0 unspecified atom stereocenters. The van der Waals surface area contributed by atoms with Crippen LogP contribution in [0.1, 0.15) is 27.0 Å². The second-order valence-corrected chi connectivity index (χ2v) is 5.79. The maximum Gasteiger partial charge on any atom is 0.337 e. The van der Waals surface area contributed by atoms with E-state index in [4.69, 9.17) is 0 Å². The van der Waals surface area contributed by atoms with Gasteiger partial charge < -0.3 is 10.4 Å². The largest absolute Gasteiger partial charge is 0.478 e. The molecule has 0 aliphatic rings. The van der Waals surface area contributed by atoms with Crippen LogP contribution in [-0.4, -0.2) is 11.1 Å². The van der Waals surface area contributed by atoms with Crippen LogP contribution >= 0.6 is 0 Å². The van der Waals surface area contributed by atoms with Crippen molar-refractivity contribution in [2.75, 3.05) is 5.32 Å². The molecule has 3 aromatic carbocycles. The number of carbonyl (C=O) groups is 1. The number of carboxylic acid groups (broad SMARTS) is 1. The first-order valence-corrected chi connectivity index (χ1v) is 8.06. The highest BCUT2D eigenvalue weighted by atomic mass is 16.4. The quantitative estimate of drug-likeness (QED) is 0.598. The van der Waals surface area contributed by atoms with Crippen molar-refractivity contribution in [3.05, 3.63) is 95.1 Å². The molecule has 0 saturated heterocycles. The van der Waals surface area contributed by atoms with Gasteiger partial charge in [-0.2, -0.15) is 0 Å². The zero-order chi connectivity index (χ0) is 17.6. The van der Waals surface area contributed by atoms with E-state index in [2.05, 4.69) is 5.32 Å². The summed E-state index contributed by atoms with van der Waals surface area (Å²) in [6.07, 6.45) is 3.98. The summed E-state index contributed by atoms with van der Waals surface area (Å²) in [5.74, 6) is -0.949. The Bertz CT molecular complexity index is 914. The third-order valence-corrected chi connectivity index (χ3v) is 3.96. The lowest BCUT2D eigenvalue weighted by Gasteiger charge is -2.12. The molecule has 0 fully saturated rings. The van der Waals surface area contributed by atoms with Gasteiger partial charge in [0.1, 0.15) is 0 Å². The number of para-hydroxylation sites is 1. The van der Waals surface area contributed by atoms with E-state index < -0.39 is 5.97 Å². The summed E-state index contributed by atoms with van der Waals surface area (Å²) in [6, 6.07) is 23.1. The van der Waals surface area contributed by atoms with E-state index in [0.29, 0.717) is 5.69 Å². The summed E-state index contributed by atoms with van der Waals surface area (Å²) < 4.78 is 0. The molecule has 3 rings (SSSR count). The first-order valence-electron chi connectivity index (χ1n) is 8.06. The minimum Gasteiger partial charge on any atom is -0.478 e. The minimum absolute atomic E-state index is 0.250. The van der Waals surface area contributed by atoms with Gasteiger partial charge in [0, 0.05) is 5.69 Å². The van der Waals surface area contributed by atoms with Gasteiger partial charge in [-0.1, -0.05) is 66.7 Å². The van der Waals surface area contributed by atoms with Crippen molar-refractivity contribution in [3.8, 4) is 0 Å². The van der Waals surface area contributed by atoms with Gasteiger partial charge >= 0.3 is 5.97 Å². The van der Waals surface area contributed by atoms with Crippen LogP contribution in [0.3, 0.4) is 0 Å². The Labute approximate surface area is 147 Å². The summed E-state index contributed by atoms with van der Waals surface area (Å²) in [5, 5.41) is 12.7. The van der Waals surface area contributed by atoms with E-state index in [1.54, 1.807) is 6.07 Å². The van der Waals surface area contributed by atoms with E-state index in [1.165, 1.54) is 0 Å². The average molecular weight is 329 g/mol. The molecule has 2 N–H and O–H groups in total. The Morgan fingerprint density at radius 2 is 1.52 bits per heavy atom. The van der Waals surface area contributed by atoms with Crippen molar-refractivity contribution >= 4 is 29.5 Å². The number of nitrogens with one attached hydrogen (secondary N) is 1. The first-order chi connectivity index (χ1) is 12.1. The van der Waals surface area contributed by atoms with Gasteiger partial charge in [0.05, 0.1) is 11.3 Å². The molecule has 0 aromatic heterocycles. The predicted molar refractivity (Wildman–Crippen MR) is 103 cm³/mol. The van der Waals surface area contributed by atoms with Crippen LogP contribution in [0.2, 0.25) is 0 Å².